The molecule has 0 radical (unpaired) electrons. The number of rotatable bonds is 4. The van der Waals surface area contributed by atoms with E-state index in [2.05, 4.69) is 10.3 Å². The van der Waals surface area contributed by atoms with Crippen molar-refractivity contribution in [1.82, 2.24) is 4.98 Å². The first-order valence-corrected chi connectivity index (χ1v) is 10.4. The molecule has 1 aliphatic rings. The van der Waals surface area contributed by atoms with E-state index >= 15 is 0 Å². The summed E-state index contributed by atoms with van der Waals surface area (Å²) in [6.45, 7) is 1.89. The number of aromatic nitrogens is 1. The van der Waals surface area contributed by atoms with Crippen LogP contribution in [0.25, 0.3) is 0 Å². The molecule has 1 saturated heterocycles. The fourth-order valence-electron chi connectivity index (χ4n) is 2.91. The van der Waals surface area contributed by atoms with Crippen molar-refractivity contribution in [2.45, 2.75) is 19.4 Å². The average Bonchev–Trinajstić information content (AvgIpc) is 2.97. The molecule has 1 aromatic heterocycles. The highest BCUT2D eigenvalue weighted by Gasteiger charge is 2.31. The Balaban J connectivity index is 1.76. The summed E-state index contributed by atoms with van der Waals surface area (Å²) in [7, 11) is -1.15. The summed E-state index contributed by atoms with van der Waals surface area (Å²) in [5.74, 6) is 0.0256. The highest BCUT2D eigenvalue weighted by molar-refractivity contribution is 7.91. The minimum Gasteiger partial charge on any atom is -0.369 e. The van der Waals surface area contributed by atoms with E-state index in [1.807, 2.05) is 24.9 Å². The van der Waals surface area contributed by atoms with Crippen LogP contribution in [0.1, 0.15) is 22.3 Å². The lowest BCUT2D eigenvalue weighted by atomic mass is 10.2. The van der Waals surface area contributed by atoms with Crippen LogP contribution in [0, 0.1) is 6.92 Å². The van der Waals surface area contributed by atoms with Gasteiger partial charge in [0.05, 0.1) is 29.0 Å². The summed E-state index contributed by atoms with van der Waals surface area (Å²) >= 11 is 6.09. The van der Waals surface area contributed by atoms with Crippen molar-refractivity contribution < 1.29 is 13.2 Å². The minimum absolute atomic E-state index is 0.101. The van der Waals surface area contributed by atoms with E-state index < -0.39 is 9.84 Å². The van der Waals surface area contributed by atoms with Crippen LogP contribution in [-0.4, -0.2) is 43.9 Å². The largest absolute Gasteiger partial charge is 0.369 e. The molecule has 0 bridgehead atoms. The van der Waals surface area contributed by atoms with Crippen molar-refractivity contribution in [3.63, 3.8) is 0 Å². The second-order valence-electron chi connectivity index (χ2n) is 6.52. The smallest absolute Gasteiger partial charge is 0.257 e. The van der Waals surface area contributed by atoms with E-state index in [-0.39, 0.29) is 23.5 Å². The first-order chi connectivity index (χ1) is 12.2. The third-order valence-corrected chi connectivity index (χ3v) is 6.74. The van der Waals surface area contributed by atoms with Crippen molar-refractivity contribution in [3.8, 4) is 0 Å². The molecule has 6 nitrogen and oxygen atoms in total. The van der Waals surface area contributed by atoms with Crippen LogP contribution >= 0.6 is 11.6 Å². The number of nitrogens with zero attached hydrogens (tertiary/aromatic N) is 2. The van der Waals surface area contributed by atoms with Crippen LogP contribution in [0.5, 0.6) is 0 Å². The van der Waals surface area contributed by atoms with Gasteiger partial charge in [0, 0.05) is 30.0 Å². The zero-order chi connectivity index (χ0) is 18.9. The van der Waals surface area contributed by atoms with Gasteiger partial charge in [-0.25, -0.2) is 8.42 Å². The maximum absolute atomic E-state index is 12.5. The number of benzene rings is 1. The summed E-state index contributed by atoms with van der Waals surface area (Å²) in [6.07, 6.45) is 3.69. The van der Waals surface area contributed by atoms with Crippen LogP contribution in [-0.2, 0) is 9.84 Å². The van der Waals surface area contributed by atoms with Crippen molar-refractivity contribution >= 4 is 38.7 Å². The number of carbonyl (C=O) groups is 1. The fraction of sp³-hybridized carbons (Fsp3) is 0.333. The number of aryl methyl sites for hydroxylation is 1. The lowest BCUT2D eigenvalue weighted by Gasteiger charge is -2.25. The Morgan fingerprint density at radius 3 is 2.73 bits per heavy atom. The van der Waals surface area contributed by atoms with Gasteiger partial charge in [-0.15, -0.1) is 0 Å². The van der Waals surface area contributed by atoms with Gasteiger partial charge >= 0.3 is 0 Å². The molecule has 1 aliphatic heterocycles. The van der Waals surface area contributed by atoms with Gasteiger partial charge in [0.25, 0.3) is 5.91 Å². The molecular formula is C18H20ClN3O3S. The van der Waals surface area contributed by atoms with Gasteiger partial charge in [-0.1, -0.05) is 17.7 Å². The molecule has 1 fully saturated rings. The molecule has 1 atom stereocenters. The van der Waals surface area contributed by atoms with Gasteiger partial charge in [-0.3, -0.25) is 9.78 Å². The van der Waals surface area contributed by atoms with Gasteiger partial charge in [0.2, 0.25) is 0 Å². The van der Waals surface area contributed by atoms with E-state index in [0.29, 0.717) is 28.4 Å². The zero-order valence-electron chi connectivity index (χ0n) is 14.6. The molecule has 1 unspecified atom stereocenters. The van der Waals surface area contributed by atoms with Crippen LogP contribution in [0.3, 0.4) is 0 Å². The van der Waals surface area contributed by atoms with Crippen molar-refractivity contribution in [2.75, 3.05) is 28.8 Å². The second kappa shape index (κ2) is 7.25. The second-order valence-corrected chi connectivity index (χ2v) is 9.15. The predicted octanol–water partition coefficient (Wildman–Crippen LogP) is 2.92. The van der Waals surface area contributed by atoms with Crippen LogP contribution in [0.15, 0.2) is 36.7 Å². The van der Waals surface area contributed by atoms with E-state index in [9.17, 15) is 13.2 Å². The molecule has 2 aromatic rings. The Morgan fingerprint density at radius 1 is 1.31 bits per heavy atom. The van der Waals surface area contributed by atoms with Crippen molar-refractivity contribution in [3.05, 3.63) is 52.8 Å². The molecule has 3 rings (SSSR count). The summed E-state index contributed by atoms with van der Waals surface area (Å²) in [5, 5.41) is 3.38. The summed E-state index contributed by atoms with van der Waals surface area (Å²) < 4.78 is 23.4. The van der Waals surface area contributed by atoms with Crippen LogP contribution < -0.4 is 10.2 Å². The highest BCUT2D eigenvalue weighted by atomic mass is 35.5. The lowest BCUT2D eigenvalue weighted by Crippen LogP contribution is -2.32. The maximum atomic E-state index is 12.5. The number of pyridine rings is 1. The van der Waals surface area contributed by atoms with Gasteiger partial charge < -0.3 is 10.2 Å². The van der Waals surface area contributed by atoms with E-state index in [0.717, 1.165) is 5.56 Å². The zero-order valence-corrected chi connectivity index (χ0v) is 16.1. The number of halogens is 1. The molecule has 0 saturated carbocycles. The van der Waals surface area contributed by atoms with Crippen molar-refractivity contribution in [2.24, 2.45) is 0 Å². The number of anilines is 2. The van der Waals surface area contributed by atoms with Gasteiger partial charge in [-0.05, 0) is 37.1 Å². The number of sulfone groups is 1. The van der Waals surface area contributed by atoms with Crippen LogP contribution in [0.2, 0.25) is 5.02 Å². The summed E-state index contributed by atoms with van der Waals surface area (Å²) in [6, 6.07) is 6.92. The minimum atomic E-state index is -2.98. The Labute approximate surface area is 158 Å². The molecule has 1 N–H and O–H groups in total. The quantitative estimate of drug-likeness (QED) is 0.863. The molecule has 0 aliphatic carbocycles. The molecular weight excluding hydrogens is 374 g/mol. The van der Waals surface area contributed by atoms with E-state index in [1.165, 1.54) is 6.20 Å². The maximum Gasteiger partial charge on any atom is 0.257 e. The number of hydrogen-bond donors (Lipinski definition) is 1. The fourth-order valence-corrected chi connectivity index (χ4v) is 4.87. The summed E-state index contributed by atoms with van der Waals surface area (Å²) in [4.78, 5) is 18.5. The Morgan fingerprint density at radius 2 is 2.08 bits per heavy atom. The Bertz CT molecular complexity index is 946. The van der Waals surface area contributed by atoms with Gasteiger partial charge in [-0.2, -0.15) is 0 Å². The molecule has 26 heavy (non-hydrogen) atoms. The number of nitrogens with one attached hydrogen (secondary N) is 1. The lowest BCUT2D eigenvalue weighted by molar-refractivity contribution is 0.102. The average molecular weight is 394 g/mol. The standard InChI is InChI=1S/C18H20ClN3O3S/c1-12-3-4-14(8-17(12)19)21-18(23)13-7-16(10-20-9-13)22(2)15-5-6-26(24,25)11-15/h3-4,7-10,15H,5-6,11H2,1-2H3,(H,21,23). The molecule has 0 spiro atoms. The number of carbonyl (C=O) groups excluding carboxylic acids is 1. The monoisotopic (exact) mass is 393 g/mol. The molecule has 2 heterocycles. The van der Waals surface area contributed by atoms with E-state index in [1.54, 1.807) is 24.4 Å². The third kappa shape index (κ3) is 4.16. The topological polar surface area (TPSA) is 79.4 Å². The first-order valence-electron chi connectivity index (χ1n) is 8.21. The highest BCUT2D eigenvalue weighted by Crippen LogP contribution is 2.24. The Kier molecular flexibility index (Phi) is 5.20. The molecule has 1 aromatic carbocycles. The van der Waals surface area contributed by atoms with Gasteiger partial charge in [0.15, 0.2) is 9.84 Å². The SMILES string of the molecule is Cc1ccc(NC(=O)c2cncc(N(C)C3CCS(=O)(=O)C3)c2)cc1Cl. The predicted molar refractivity (Wildman–Crippen MR) is 104 cm³/mol. The molecule has 8 heteroatoms. The Hall–Kier alpha value is -2.12. The summed E-state index contributed by atoms with van der Waals surface area (Å²) in [5.41, 5.74) is 2.64. The van der Waals surface area contributed by atoms with E-state index in [4.69, 9.17) is 11.6 Å². The number of hydrogen-bond acceptors (Lipinski definition) is 5. The van der Waals surface area contributed by atoms with Crippen LogP contribution in [0.4, 0.5) is 11.4 Å². The van der Waals surface area contributed by atoms with Crippen molar-refractivity contribution in [1.29, 1.82) is 0 Å². The molecule has 1 amide bonds. The number of amides is 1. The normalized spacial score (nSPS) is 18.5. The third-order valence-electron chi connectivity index (χ3n) is 4.58. The first kappa shape index (κ1) is 18.7. The van der Waals surface area contributed by atoms with Gasteiger partial charge in [0.1, 0.15) is 0 Å². The molecule has 138 valence electrons.